The summed E-state index contributed by atoms with van der Waals surface area (Å²) in [5.41, 5.74) is 4.47. The third-order valence-electron chi connectivity index (χ3n) is 4.91. The first kappa shape index (κ1) is 20.4. The highest BCUT2D eigenvalue weighted by atomic mass is 15.1. The first-order valence-electron chi connectivity index (χ1n) is 9.17. The maximum Gasteiger partial charge on any atom is 0.0651 e. The van der Waals surface area contributed by atoms with Crippen LogP contribution in [0.3, 0.4) is 0 Å². The van der Waals surface area contributed by atoms with Gasteiger partial charge in [0.2, 0.25) is 0 Å². The molecule has 3 nitrogen and oxygen atoms in total. The van der Waals surface area contributed by atoms with E-state index in [-0.39, 0.29) is 6.04 Å². The second-order valence-electron chi connectivity index (χ2n) is 7.64. The van der Waals surface area contributed by atoms with Crippen LogP contribution >= 0.6 is 0 Å². The smallest absolute Gasteiger partial charge is 0.0651 e. The van der Waals surface area contributed by atoms with Crippen LogP contribution in [-0.4, -0.2) is 18.6 Å². The fourth-order valence-corrected chi connectivity index (χ4v) is 2.46. The van der Waals surface area contributed by atoms with Crippen molar-refractivity contribution in [3.63, 3.8) is 0 Å². The van der Waals surface area contributed by atoms with Gasteiger partial charge in [-0.05, 0) is 30.3 Å². The molecule has 1 aliphatic rings. The zero-order valence-corrected chi connectivity index (χ0v) is 16.3. The molecule has 0 bridgehead atoms. The molecule has 1 saturated carbocycles. The minimum atomic E-state index is 0.189. The SMILES string of the molecule is C=C(NCCCC(NC(=C)C(C)C)C(=C)NC1C(=C)C1C)C(C)C. The molecule has 1 aliphatic carbocycles. The van der Waals surface area contributed by atoms with Gasteiger partial charge in [-0.15, -0.1) is 0 Å². The summed E-state index contributed by atoms with van der Waals surface area (Å²) in [5.74, 6) is 1.43. The second kappa shape index (κ2) is 9.00. The zero-order valence-electron chi connectivity index (χ0n) is 16.3. The Bertz CT molecular complexity index is 487. The minimum Gasteiger partial charge on any atom is -0.389 e. The molecule has 0 radical (unpaired) electrons. The molecule has 0 aromatic heterocycles. The molecule has 3 N–H and O–H groups in total. The summed E-state index contributed by atoms with van der Waals surface area (Å²) in [7, 11) is 0. The highest BCUT2D eigenvalue weighted by molar-refractivity contribution is 5.32. The Hall–Kier alpha value is -1.64. The largest absolute Gasteiger partial charge is 0.389 e. The number of hydrogen-bond donors (Lipinski definition) is 3. The first-order chi connectivity index (χ1) is 11.1. The van der Waals surface area contributed by atoms with E-state index in [2.05, 4.69) is 76.9 Å². The Balaban J connectivity index is 2.51. The van der Waals surface area contributed by atoms with Crippen LogP contribution in [0.5, 0.6) is 0 Å². The number of hydrogen-bond acceptors (Lipinski definition) is 3. The van der Waals surface area contributed by atoms with Gasteiger partial charge in [-0.2, -0.15) is 0 Å². The Labute approximate surface area is 149 Å². The summed E-state index contributed by atoms with van der Waals surface area (Å²) in [6, 6.07) is 0.572. The normalized spacial score (nSPS) is 20.7. The number of rotatable bonds is 12. The van der Waals surface area contributed by atoms with Gasteiger partial charge in [0.15, 0.2) is 0 Å². The molecular formula is C21H37N3. The molecule has 1 rings (SSSR count). The van der Waals surface area contributed by atoms with Gasteiger partial charge in [0.1, 0.15) is 0 Å². The Morgan fingerprint density at radius 1 is 1.00 bits per heavy atom. The van der Waals surface area contributed by atoms with E-state index in [4.69, 9.17) is 0 Å². The average molecular weight is 332 g/mol. The maximum atomic E-state index is 4.26. The maximum absolute atomic E-state index is 4.26. The van der Waals surface area contributed by atoms with Gasteiger partial charge in [-0.1, -0.05) is 60.9 Å². The predicted octanol–water partition coefficient (Wildman–Crippen LogP) is 4.33. The molecule has 0 heterocycles. The lowest BCUT2D eigenvalue weighted by molar-refractivity contribution is 0.494. The van der Waals surface area contributed by atoms with Crippen LogP contribution in [0.25, 0.3) is 0 Å². The van der Waals surface area contributed by atoms with Crippen LogP contribution in [-0.2, 0) is 0 Å². The van der Waals surface area contributed by atoms with Crippen molar-refractivity contribution in [1.82, 2.24) is 16.0 Å². The quantitative estimate of drug-likeness (QED) is 0.368. The van der Waals surface area contributed by atoms with E-state index in [0.29, 0.717) is 23.8 Å². The summed E-state index contributed by atoms with van der Waals surface area (Å²) in [6.45, 7) is 28.3. The van der Waals surface area contributed by atoms with Crippen molar-refractivity contribution in [2.24, 2.45) is 17.8 Å². The van der Waals surface area contributed by atoms with Gasteiger partial charge in [0, 0.05) is 29.6 Å². The lowest BCUT2D eigenvalue weighted by Gasteiger charge is -2.26. The van der Waals surface area contributed by atoms with Crippen molar-refractivity contribution < 1.29 is 0 Å². The Morgan fingerprint density at radius 3 is 2.00 bits per heavy atom. The van der Waals surface area contributed by atoms with Crippen molar-refractivity contribution in [3.05, 3.63) is 49.0 Å². The third kappa shape index (κ3) is 6.10. The van der Waals surface area contributed by atoms with Gasteiger partial charge < -0.3 is 16.0 Å². The molecular weight excluding hydrogens is 294 g/mol. The molecule has 1 fully saturated rings. The fourth-order valence-electron chi connectivity index (χ4n) is 2.46. The molecule has 3 unspecified atom stereocenters. The van der Waals surface area contributed by atoms with E-state index in [1.54, 1.807) is 0 Å². The van der Waals surface area contributed by atoms with Gasteiger partial charge >= 0.3 is 0 Å². The van der Waals surface area contributed by atoms with Crippen molar-refractivity contribution in [1.29, 1.82) is 0 Å². The van der Waals surface area contributed by atoms with Crippen molar-refractivity contribution in [2.45, 2.75) is 59.5 Å². The minimum absolute atomic E-state index is 0.189. The van der Waals surface area contributed by atoms with Crippen molar-refractivity contribution in [3.8, 4) is 0 Å². The van der Waals surface area contributed by atoms with E-state index < -0.39 is 0 Å². The van der Waals surface area contributed by atoms with E-state index in [9.17, 15) is 0 Å². The Morgan fingerprint density at radius 2 is 1.54 bits per heavy atom. The number of nitrogens with one attached hydrogen (secondary N) is 3. The molecule has 0 saturated heterocycles. The van der Waals surface area contributed by atoms with Gasteiger partial charge in [-0.25, -0.2) is 0 Å². The lowest BCUT2D eigenvalue weighted by atomic mass is 10.0. The third-order valence-corrected chi connectivity index (χ3v) is 4.91. The standard InChI is InChI=1S/C21H37N3/c1-13(2)17(7)22-12-10-11-20(23-18(8)14(3)4)19(9)24-21-15(5)16(21)6/h13-14,16,20-24H,5,7-12H2,1-4,6H3. The van der Waals surface area contributed by atoms with Gasteiger partial charge in [0.25, 0.3) is 0 Å². The Kier molecular flexibility index (Phi) is 7.65. The first-order valence-corrected chi connectivity index (χ1v) is 9.17. The van der Waals surface area contributed by atoms with Crippen molar-refractivity contribution >= 4 is 0 Å². The monoisotopic (exact) mass is 331 g/mol. The van der Waals surface area contributed by atoms with E-state index in [0.717, 1.165) is 36.5 Å². The molecule has 0 amide bonds. The van der Waals surface area contributed by atoms with E-state index in [1.807, 2.05) is 0 Å². The predicted molar refractivity (Wildman–Crippen MR) is 106 cm³/mol. The van der Waals surface area contributed by atoms with Crippen LogP contribution in [0.1, 0.15) is 47.5 Å². The summed E-state index contributed by atoms with van der Waals surface area (Å²) in [5, 5.41) is 10.5. The molecule has 136 valence electrons. The van der Waals surface area contributed by atoms with Gasteiger partial charge in [-0.3, -0.25) is 0 Å². The molecule has 0 aromatic carbocycles. The lowest BCUT2D eigenvalue weighted by Crippen LogP contribution is -2.38. The van der Waals surface area contributed by atoms with E-state index >= 15 is 0 Å². The van der Waals surface area contributed by atoms with Gasteiger partial charge in [0.05, 0.1) is 12.1 Å². The molecule has 3 heteroatoms. The molecule has 0 aromatic rings. The summed E-state index contributed by atoms with van der Waals surface area (Å²) in [4.78, 5) is 0. The molecule has 0 spiro atoms. The average Bonchev–Trinajstić information content (AvgIpc) is 3.07. The van der Waals surface area contributed by atoms with Crippen LogP contribution in [0.15, 0.2) is 49.0 Å². The van der Waals surface area contributed by atoms with Crippen LogP contribution in [0, 0.1) is 17.8 Å². The summed E-state index contributed by atoms with van der Waals surface area (Å²) in [6.07, 6.45) is 2.06. The van der Waals surface area contributed by atoms with Crippen LogP contribution in [0.4, 0.5) is 0 Å². The van der Waals surface area contributed by atoms with Crippen LogP contribution in [0.2, 0.25) is 0 Å². The highest BCUT2D eigenvalue weighted by Gasteiger charge is 2.38. The summed E-state index contributed by atoms with van der Waals surface area (Å²) >= 11 is 0. The zero-order chi connectivity index (χ0) is 18.4. The van der Waals surface area contributed by atoms with E-state index in [1.165, 1.54) is 5.57 Å². The topological polar surface area (TPSA) is 36.1 Å². The highest BCUT2D eigenvalue weighted by Crippen LogP contribution is 2.36. The molecule has 24 heavy (non-hydrogen) atoms. The fraction of sp³-hybridized carbons (Fsp3) is 0.619. The molecule has 0 aliphatic heterocycles. The number of allylic oxidation sites excluding steroid dienone is 2. The summed E-state index contributed by atoms with van der Waals surface area (Å²) < 4.78 is 0. The van der Waals surface area contributed by atoms with Crippen molar-refractivity contribution in [2.75, 3.05) is 6.54 Å². The van der Waals surface area contributed by atoms with Crippen LogP contribution < -0.4 is 16.0 Å². The second-order valence-corrected chi connectivity index (χ2v) is 7.64. The molecule has 3 atom stereocenters.